The zero-order valence-electron chi connectivity index (χ0n) is 11.3. The molecule has 0 radical (unpaired) electrons. The molecule has 3 nitrogen and oxygen atoms in total. The summed E-state index contributed by atoms with van der Waals surface area (Å²) in [6.45, 7) is 2.13. The van der Waals surface area contributed by atoms with Gasteiger partial charge in [0.05, 0.1) is 6.10 Å². The van der Waals surface area contributed by atoms with Gasteiger partial charge >= 0.3 is 0 Å². The van der Waals surface area contributed by atoms with Gasteiger partial charge in [0.15, 0.2) is 0 Å². The maximum atomic E-state index is 6.25. The minimum atomic E-state index is -0.00336. The summed E-state index contributed by atoms with van der Waals surface area (Å²) in [4.78, 5) is 0. The molecule has 2 aliphatic rings. The quantitative estimate of drug-likeness (QED) is 0.871. The van der Waals surface area contributed by atoms with E-state index in [1.165, 1.54) is 11.1 Å². The molecule has 1 N–H and O–H groups in total. The summed E-state index contributed by atoms with van der Waals surface area (Å²) < 4.78 is 11.6. The zero-order chi connectivity index (χ0) is 12.8. The molecule has 3 heteroatoms. The second-order valence-corrected chi connectivity index (χ2v) is 5.64. The van der Waals surface area contributed by atoms with Crippen LogP contribution in [-0.4, -0.2) is 25.9 Å². The zero-order valence-corrected chi connectivity index (χ0v) is 11.3. The van der Waals surface area contributed by atoms with Crippen molar-refractivity contribution in [1.29, 1.82) is 0 Å². The normalized spacial score (nSPS) is 33.7. The van der Waals surface area contributed by atoms with Crippen LogP contribution in [0.15, 0.2) is 18.2 Å². The molecule has 0 amide bonds. The Balaban J connectivity index is 1.89. The first-order valence-electron chi connectivity index (χ1n) is 6.65. The summed E-state index contributed by atoms with van der Waals surface area (Å²) >= 11 is 0. The van der Waals surface area contributed by atoms with Gasteiger partial charge in [-0.2, -0.15) is 0 Å². The number of ether oxygens (including phenoxy) is 2. The van der Waals surface area contributed by atoms with Gasteiger partial charge < -0.3 is 14.8 Å². The van der Waals surface area contributed by atoms with Crippen LogP contribution in [0.1, 0.15) is 36.4 Å². The predicted octanol–water partition coefficient (Wildman–Crippen LogP) is 2.59. The number of hydrogen-bond donors (Lipinski definition) is 1. The second kappa shape index (κ2) is 4.25. The maximum Gasteiger partial charge on any atom is 0.124 e. The molecule has 0 aromatic heterocycles. The lowest BCUT2D eigenvalue weighted by Gasteiger charge is -2.51. The molecule has 0 bridgehead atoms. The van der Waals surface area contributed by atoms with Crippen molar-refractivity contribution < 1.29 is 9.47 Å². The van der Waals surface area contributed by atoms with Crippen molar-refractivity contribution in [3.05, 3.63) is 29.3 Å². The van der Waals surface area contributed by atoms with Gasteiger partial charge in [0, 0.05) is 38.0 Å². The Kier molecular flexibility index (Phi) is 2.83. The van der Waals surface area contributed by atoms with Crippen LogP contribution in [0.25, 0.3) is 0 Å². The molecular weight excluding hydrogens is 226 g/mol. The molecule has 0 saturated heterocycles. The fourth-order valence-electron chi connectivity index (χ4n) is 3.23. The van der Waals surface area contributed by atoms with Gasteiger partial charge in [0.25, 0.3) is 0 Å². The number of methoxy groups -OCH3 is 1. The monoisotopic (exact) mass is 247 g/mol. The van der Waals surface area contributed by atoms with Crippen LogP contribution in [0.2, 0.25) is 0 Å². The van der Waals surface area contributed by atoms with E-state index in [-0.39, 0.29) is 5.60 Å². The minimum absolute atomic E-state index is 0.00336. The summed E-state index contributed by atoms with van der Waals surface area (Å²) in [5.74, 6) is 1.04. The maximum absolute atomic E-state index is 6.25. The highest BCUT2D eigenvalue weighted by molar-refractivity contribution is 5.42. The lowest BCUT2D eigenvalue weighted by molar-refractivity contribution is -0.125. The summed E-state index contributed by atoms with van der Waals surface area (Å²) in [7, 11) is 3.81. The Labute approximate surface area is 108 Å². The Bertz CT molecular complexity index is 452. The highest BCUT2D eigenvalue weighted by Crippen LogP contribution is 2.49. The molecule has 18 heavy (non-hydrogen) atoms. The third-order valence-electron chi connectivity index (χ3n) is 4.32. The van der Waals surface area contributed by atoms with Crippen LogP contribution in [0.4, 0.5) is 0 Å². The van der Waals surface area contributed by atoms with Crippen molar-refractivity contribution >= 4 is 0 Å². The summed E-state index contributed by atoms with van der Waals surface area (Å²) in [5, 5.41) is 3.42. The third-order valence-corrected chi connectivity index (χ3v) is 4.32. The summed E-state index contributed by atoms with van der Waals surface area (Å²) in [6, 6.07) is 6.86. The first kappa shape index (κ1) is 12.0. The van der Waals surface area contributed by atoms with Crippen LogP contribution in [-0.2, 0) is 4.74 Å². The molecule has 1 aromatic carbocycles. The molecule has 1 saturated carbocycles. The third kappa shape index (κ3) is 1.82. The van der Waals surface area contributed by atoms with Crippen LogP contribution < -0.4 is 10.1 Å². The fourth-order valence-corrected chi connectivity index (χ4v) is 3.23. The molecule has 1 aromatic rings. The smallest absolute Gasteiger partial charge is 0.124 e. The first-order valence-corrected chi connectivity index (χ1v) is 6.65. The number of aryl methyl sites for hydroxylation is 1. The molecule has 1 aliphatic carbocycles. The van der Waals surface area contributed by atoms with Gasteiger partial charge in [0.2, 0.25) is 0 Å². The lowest BCUT2D eigenvalue weighted by atomic mass is 9.71. The summed E-state index contributed by atoms with van der Waals surface area (Å²) in [5.41, 5.74) is 2.58. The van der Waals surface area contributed by atoms with Crippen LogP contribution in [0.3, 0.4) is 0 Å². The number of nitrogens with one attached hydrogen (secondary N) is 1. The minimum Gasteiger partial charge on any atom is -0.487 e. The van der Waals surface area contributed by atoms with Crippen molar-refractivity contribution in [2.75, 3.05) is 14.2 Å². The van der Waals surface area contributed by atoms with Crippen molar-refractivity contribution in [1.82, 2.24) is 5.32 Å². The van der Waals surface area contributed by atoms with E-state index in [1.54, 1.807) is 7.11 Å². The van der Waals surface area contributed by atoms with Gasteiger partial charge in [0.1, 0.15) is 11.4 Å². The molecule has 1 spiro atoms. The average molecular weight is 247 g/mol. The number of hydrogen-bond acceptors (Lipinski definition) is 3. The van der Waals surface area contributed by atoms with Gasteiger partial charge in [-0.25, -0.2) is 0 Å². The van der Waals surface area contributed by atoms with Gasteiger partial charge in [-0.1, -0.05) is 17.7 Å². The van der Waals surface area contributed by atoms with E-state index in [0.29, 0.717) is 12.1 Å². The highest BCUT2D eigenvalue weighted by atomic mass is 16.5. The Morgan fingerprint density at radius 2 is 2.11 bits per heavy atom. The van der Waals surface area contributed by atoms with Crippen molar-refractivity contribution in [3.8, 4) is 5.75 Å². The van der Waals surface area contributed by atoms with Gasteiger partial charge in [-0.15, -0.1) is 0 Å². The van der Waals surface area contributed by atoms with Crippen molar-refractivity contribution in [3.63, 3.8) is 0 Å². The Hall–Kier alpha value is -1.06. The van der Waals surface area contributed by atoms with Gasteiger partial charge in [-0.3, -0.25) is 0 Å². The second-order valence-electron chi connectivity index (χ2n) is 5.64. The molecule has 1 unspecified atom stereocenters. The SMILES string of the molecule is CNC1CC2(CC(OC)C2)Oc2ccc(C)cc21. The van der Waals surface area contributed by atoms with Crippen molar-refractivity contribution in [2.24, 2.45) is 0 Å². The number of rotatable bonds is 2. The lowest BCUT2D eigenvalue weighted by Crippen LogP contribution is -2.55. The molecule has 1 atom stereocenters. The van der Waals surface area contributed by atoms with Crippen LogP contribution >= 0.6 is 0 Å². The standard InChI is InChI=1S/C15H21NO2/c1-10-4-5-14-12(6-10)13(16-2)9-15(18-14)7-11(8-15)17-3/h4-6,11,13,16H,7-9H2,1-3H3. The van der Waals surface area contributed by atoms with E-state index in [4.69, 9.17) is 9.47 Å². The van der Waals surface area contributed by atoms with Crippen LogP contribution in [0, 0.1) is 6.92 Å². The van der Waals surface area contributed by atoms with E-state index in [0.717, 1.165) is 25.0 Å². The number of fused-ring (bicyclic) bond motifs is 1. The molecule has 3 rings (SSSR count). The molecule has 1 aliphatic heterocycles. The van der Waals surface area contributed by atoms with Crippen molar-refractivity contribution in [2.45, 2.75) is 43.9 Å². The largest absolute Gasteiger partial charge is 0.487 e. The van der Waals surface area contributed by atoms with E-state index in [1.807, 2.05) is 7.05 Å². The molecule has 1 fully saturated rings. The van der Waals surface area contributed by atoms with E-state index >= 15 is 0 Å². The Morgan fingerprint density at radius 3 is 2.78 bits per heavy atom. The predicted molar refractivity (Wildman–Crippen MR) is 71.0 cm³/mol. The fraction of sp³-hybridized carbons (Fsp3) is 0.600. The highest BCUT2D eigenvalue weighted by Gasteiger charge is 2.50. The Morgan fingerprint density at radius 1 is 1.33 bits per heavy atom. The number of benzene rings is 1. The first-order chi connectivity index (χ1) is 8.65. The van der Waals surface area contributed by atoms with Crippen LogP contribution in [0.5, 0.6) is 5.75 Å². The molecule has 1 heterocycles. The summed E-state index contributed by atoms with van der Waals surface area (Å²) in [6.07, 6.45) is 3.43. The molecular formula is C15H21NO2. The van der Waals surface area contributed by atoms with E-state index in [2.05, 4.69) is 30.4 Å². The van der Waals surface area contributed by atoms with E-state index in [9.17, 15) is 0 Å². The molecule has 98 valence electrons. The van der Waals surface area contributed by atoms with Gasteiger partial charge in [-0.05, 0) is 20.0 Å². The topological polar surface area (TPSA) is 30.5 Å². The van der Waals surface area contributed by atoms with E-state index < -0.39 is 0 Å². The average Bonchev–Trinajstić information content (AvgIpc) is 2.34.